The normalized spacial score (nSPS) is 27.1. The van der Waals surface area contributed by atoms with Gasteiger partial charge in [-0.25, -0.2) is 0 Å². The van der Waals surface area contributed by atoms with Crippen LogP contribution in [0.5, 0.6) is 0 Å². The van der Waals surface area contributed by atoms with Crippen LogP contribution in [0.25, 0.3) is 0 Å². The van der Waals surface area contributed by atoms with Gasteiger partial charge in [0.15, 0.2) is 5.17 Å². The Hall–Kier alpha value is -1.75. The molecule has 0 aromatic carbocycles. The molecule has 114 valence electrons. The van der Waals surface area contributed by atoms with Gasteiger partial charge in [-0.05, 0) is 37.6 Å². The molecule has 0 bridgehead atoms. The third kappa shape index (κ3) is 2.15. The van der Waals surface area contributed by atoms with Gasteiger partial charge in [-0.1, -0.05) is 24.8 Å². The van der Waals surface area contributed by atoms with Gasteiger partial charge in [0.05, 0.1) is 11.7 Å². The maximum absolute atomic E-state index is 5.01. The summed E-state index contributed by atoms with van der Waals surface area (Å²) in [5, 5.41) is 1.78. The third-order valence-corrected chi connectivity index (χ3v) is 5.49. The van der Waals surface area contributed by atoms with Gasteiger partial charge in [0.25, 0.3) is 0 Å². The summed E-state index contributed by atoms with van der Waals surface area (Å²) < 4.78 is 0. The standard InChI is InChI=1S/C17H20N4S/c1-10-8-13(12(3)19-10)16-15(14-6-4-5-7-18-14)20-17-21(16)9-11(2)22-17/h4-8,11,15-16,19H,9H2,1-3H3/t11-,15+,16+/m0/s1. The van der Waals surface area contributed by atoms with Gasteiger partial charge in [0.2, 0.25) is 0 Å². The molecule has 0 spiro atoms. The SMILES string of the molecule is Cc1cc([C@@H]2[C@@H](c3ccccn3)N=C3S[C@@H](C)CN32)c(C)[nH]1. The predicted octanol–water partition coefficient (Wildman–Crippen LogP) is 3.62. The molecule has 2 aromatic rings. The highest BCUT2D eigenvalue weighted by atomic mass is 32.2. The van der Waals surface area contributed by atoms with Crippen LogP contribution in [0.3, 0.4) is 0 Å². The number of nitrogens with one attached hydrogen (secondary N) is 1. The largest absolute Gasteiger partial charge is 0.362 e. The van der Waals surface area contributed by atoms with E-state index in [-0.39, 0.29) is 12.1 Å². The molecule has 3 atom stereocenters. The molecule has 0 radical (unpaired) electrons. The van der Waals surface area contributed by atoms with Crippen molar-refractivity contribution >= 4 is 16.9 Å². The van der Waals surface area contributed by atoms with Crippen LogP contribution in [-0.4, -0.2) is 31.8 Å². The molecule has 2 aromatic heterocycles. The Balaban J connectivity index is 1.80. The zero-order chi connectivity index (χ0) is 15.3. The Labute approximate surface area is 135 Å². The Morgan fingerprint density at radius 2 is 2.18 bits per heavy atom. The fraction of sp³-hybridized carbons (Fsp3) is 0.412. The number of nitrogens with zero attached hydrogens (tertiary/aromatic N) is 3. The third-order valence-electron chi connectivity index (χ3n) is 4.39. The topological polar surface area (TPSA) is 44.3 Å². The van der Waals surface area contributed by atoms with Crippen molar-refractivity contribution in [1.29, 1.82) is 0 Å². The number of thioether (sulfide) groups is 1. The van der Waals surface area contributed by atoms with Crippen LogP contribution in [-0.2, 0) is 0 Å². The second kappa shape index (κ2) is 5.16. The molecule has 0 aliphatic carbocycles. The summed E-state index contributed by atoms with van der Waals surface area (Å²) in [7, 11) is 0. The van der Waals surface area contributed by atoms with Gasteiger partial charge >= 0.3 is 0 Å². The summed E-state index contributed by atoms with van der Waals surface area (Å²) in [6.45, 7) is 7.60. The van der Waals surface area contributed by atoms with E-state index in [1.54, 1.807) is 0 Å². The highest BCUT2D eigenvalue weighted by molar-refractivity contribution is 8.14. The minimum atomic E-state index is 0.0881. The van der Waals surface area contributed by atoms with Crippen molar-refractivity contribution in [3.05, 3.63) is 53.1 Å². The summed E-state index contributed by atoms with van der Waals surface area (Å²) in [6, 6.07) is 8.71. The first kappa shape index (κ1) is 13.9. The number of pyridine rings is 1. The van der Waals surface area contributed by atoms with Crippen molar-refractivity contribution in [2.24, 2.45) is 4.99 Å². The minimum Gasteiger partial charge on any atom is -0.362 e. The van der Waals surface area contributed by atoms with E-state index in [9.17, 15) is 0 Å². The van der Waals surface area contributed by atoms with Crippen molar-refractivity contribution in [2.75, 3.05) is 6.54 Å². The van der Waals surface area contributed by atoms with Gasteiger partial charge in [-0.15, -0.1) is 0 Å². The van der Waals surface area contributed by atoms with Gasteiger partial charge in [0, 0.05) is 29.4 Å². The molecule has 5 heteroatoms. The Morgan fingerprint density at radius 1 is 1.32 bits per heavy atom. The summed E-state index contributed by atoms with van der Waals surface area (Å²) in [5.74, 6) is 0. The van der Waals surface area contributed by atoms with E-state index < -0.39 is 0 Å². The summed E-state index contributed by atoms with van der Waals surface area (Å²) in [5.41, 5.74) is 4.85. The summed E-state index contributed by atoms with van der Waals surface area (Å²) >= 11 is 1.88. The Kier molecular flexibility index (Phi) is 3.26. The average Bonchev–Trinajstić information content (AvgIpc) is 3.11. The monoisotopic (exact) mass is 312 g/mol. The van der Waals surface area contributed by atoms with E-state index >= 15 is 0 Å². The van der Waals surface area contributed by atoms with Crippen molar-refractivity contribution in [1.82, 2.24) is 14.9 Å². The second-order valence-electron chi connectivity index (χ2n) is 6.17. The van der Waals surface area contributed by atoms with Crippen molar-refractivity contribution < 1.29 is 0 Å². The molecule has 0 unspecified atom stereocenters. The lowest BCUT2D eigenvalue weighted by Gasteiger charge is -2.27. The number of aliphatic imine (C=N–C) groups is 1. The molecule has 1 saturated heterocycles. The van der Waals surface area contributed by atoms with Crippen LogP contribution >= 0.6 is 11.8 Å². The first-order valence-corrected chi connectivity index (χ1v) is 8.59. The van der Waals surface area contributed by atoms with E-state index in [0.29, 0.717) is 5.25 Å². The smallest absolute Gasteiger partial charge is 0.160 e. The number of fused-ring (bicyclic) bond motifs is 1. The summed E-state index contributed by atoms with van der Waals surface area (Å²) in [4.78, 5) is 15.5. The van der Waals surface area contributed by atoms with Gasteiger partial charge in [-0.3, -0.25) is 9.98 Å². The fourth-order valence-electron chi connectivity index (χ4n) is 3.51. The summed E-state index contributed by atoms with van der Waals surface area (Å²) in [6.07, 6.45) is 1.86. The van der Waals surface area contributed by atoms with Crippen molar-refractivity contribution in [3.63, 3.8) is 0 Å². The molecular weight excluding hydrogens is 292 g/mol. The van der Waals surface area contributed by atoms with Crippen LogP contribution in [0.1, 0.15) is 41.7 Å². The lowest BCUT2D eigenvalue weighted by Crippen LogP contribution is -2.28. The number of amidine groups is 1. The number of hydrogen-bond donors (Lipinski definition) is 1. The van der Waals surface area contributed by atoms with E-state index in [2.05, 4.69) is 47.8 Å². The zero-order valence-electron chi connectivity index (χ0n) is 13.1. The first-order valence-electron chi connectivity index (χ1n) is 7.71. The van der Waals surface area contributed by atoms with Crippen LogP contribution in [0.4, 0.5) is 0 Å². The van der Waals surface area contributed by atoms with Gasteiger partial charge in [0.1, 0.15) is 6.04 Å². The number of hydrogen-bond acceptors (Lipinski definition) is 4. The second-order valence-corrected chi connectivity index (χ2v) is 7.58. The minimum absolute atomic E-state index is 0.0881. The van der Waals surface area contributed by atoms with Gasteiger partial charge in [-0.2, -0.15) is 0 Å². The van der Waals surface area contributed by atoms with Crippen LogP contribution in [0.15, 0.2) is 35.5 Å². The maximum Gasteiger partial charge on any atom is 0.160 e. The molecule has 22 heavy (non-hydrogen) atoms. The van der Waals surface area contributed by atoms with Crippen molar-refractivity contribution in [2.45, 2.75) is 38.1 Å². The number of rotatable bonds is 2. The fourth-order valence-corrected chi connectivity index (χ4v) is 4.60. The average molecular weight is 312 g/mol. The number of aromatic nitrogens is 2. The number of aryl methyl sites for hydroxylation is 2. The van der Waals surface area contributed by atoms with E-state index in [0.717, 1.165) is 12.2 Å². The highest BCUT2D eigenvalue weighted by Gasteiger charge is 2.44. The maximum atomic E-state index is 5.01. The molecule has 4 rings (SSSR count). The lowest BCUT2D eigenvalue weighted by atomic mass is 9.96. The molecule has 4 heterocycles. The number of aromatic amines is 1. The molecule has 1 fully saturated rings. The van der Waals surface area contributed by atoms with E-state index in [4.69, 9.17) is 4.99 Å². The van der Waals surface area contributed by atoms with Crippen molar-refractivity contribution in [3.8, 4) is 0 Å². The Bertz CT molecular complexity index is 722. The predicted molar refractivity (Wildman–Crippen MR) is 91.2 cm³/mol. The first-order chi connectivity index (χ1) is 10.6. The van der Waals surface area contributed by atoms with Crippen LogP contribution < -0.4 is 0 Å². The van der Waals surface area contributed by atoms with Gasteiger partial charge < -0.3 is 9.88 Å². The zero-order valence-corrected chi connectivity index (χ0v) is 13.9. The molecule has 1 N–H and O–H groups in total. The van der Waals surface area contributed by atoms with E-state index in [1.807, 2.05) is 30.1 Å². The van der Waals surface area contributed by atoms with Crippen LogP contribution in [0.2, 0.25) is 0 Å². The molecule has 0 saturated carbocycles. The Morgan fingerprint density at radius 3 is 2.86 bits per heavy atom. The molecular formula is C17H20N4S. The lowest BCUT2D eigenvalue weighted by molar-refractivity contribution is 0.320. The quantitative estimate of drug-likeness (QED) is 0.921. The van der Waals surface area contributed by atoms with E-state index in [1.165, 1.54) is 22.1 Å². The molecule has 0 amide bonds. The number of H-pyrrole nitrogens is 1. The molecule has 2 aliphatic rings. The van der Waals surface area contributed by atoms with Crippen LogP contribution in [0, 0.1) is 13.8 Å². The molecule has 4 nitrogen and oxygen atoms in total. The molecule has 2 aliphatic heterocycles. The highest BCUT2D eigenvalue weighted by Crippen LogP contribution is 2.48.